The Balaban J connectivity index is 1.53. The molecule has 0 saturated carbocycles. The normalized spacial score (nSPS) is 13.7. The lowest BCUT2D eigenvalue weighted by atomic mass is 10.1. The second-order valence-electron chi connectivity index (χ2n) is 7.81. The van der Waals surface area contributed by atoms with Crippen molar-refractivity contribution in [2.75, 3.05) is 36.4 Å². The SMILES string of the molecule is Cc1cccc(C(=O)N2CCCN(c3ncccc3C#N)CC2)c1NC(=O)c1ccncc1. The number of nitrogens with zero attached hydrogens (tertiary/aromatic N) is 5. The molecule has 3 aromatic rings. The van der Waals surface area contributed by atoms with Crippen molar-refractivity contribution in [2.45, 2.75) is 13.3 Å². The molecule has 1 aromatic carbocycles. The van der Waals surface area contributed by atoms with Crippen LogP contribution in [0.25, 0.3) is 0 Å². The van der Waals surface area contributed by atoms with Crippen molar-refractivity contribution in [3.63, 3.8) is 0 Å². The third-order valence-electron chi connectivity index (χ3n) is 5.67. The number of amides is 2. The summed E-state index contributed by atoms with van der Waals surface area (Å²) in [5.41, 5.74) is 2.79. The lowest BCUT2D eigenvalue weighted by molar-refractivity contribution is 0.0768. The number of aromatic nitrogens is 2. The molecule has 4 rings (SSSR count). The van der Waals surface area contributed by atoms with Crippen LogP contribution in [0.5, 0.6) is 0 Å². The third-order valence-corrected chi connectivity index (χ3v) is 5.67. The number of pyridine rings is 2. The number of hydrogen-bond donors (Lipinski definition) is 1. The van der Waals surface area contributed by atoms with Gasteiger partial charge in [-0.15, -0.1) is 0 Å². The van der Waals surface area contributed by atoms with Crippen LogP contribution >= 0.6 is 0 Å². The van der Waals surface area contributed by atoms with Crippen LogP contribution in [0.2, 0.25) is 0 Å². The number of carbonyl (C=O) groups is 2. The maximum absolute atomic E-state index is 13.5. The summed E-state index contributed by atoms with van der Waals surface area (Å²) in [4.78, 5) is 38.4. The third kappa shape index (κ3) is 4.83. The van der Waals surface area contributed by atoms with E-state index in [4.69, 9.17) is 0 Å². The fourth-order valence-electron chi connectivity index (χ4n) is 3.94. The van der Waals surface area contributed by atoms with E-state index >= 15 is 0 Å². The molecule has 0 bridgehead atoms. The highest BCUT2D eigenvalue weighted by atomic mass is 16.2. The topological polar surface area (TPSA) is 102 Å². The zero-order valence-electron chi connectivity index (χ0n) is 18.4. The molecule has 166 valence electrons. The van der Waals surface area contributed by atoms with Crippen molar-refractivity contribution in [1.82, 2.24) is 14.9 Å². The van der Waals surface area contributed by atoms with Crippen molar-refractivity contribution in [3.05, 3.63) is 83.3 Å². The van der Waals surface area contributed by atoms with Gasteiger partial charge in [-0.2, -0.15) is 5.26 Å². The first-order chi connectivity index (χ1) is 16.1. The van der Waals surface area contributed by atoms with E-state index in [0.717, 1.165) is 12.0 Å². The summed E-state index contributed by atoms with van der Waals surface area (Å²) in [5, 5.41) is 12.3. The van der Waals surface area contributed by atoms with E-state index in [-0.39, 0.29) is 11.8 Å². The molecule has 0 spiro atoms. The van der Waals surface area contributed by atoms with Gasteiger partial charge in [0, 0.05) is 50.3 Å². The van der Waals surface area contributed by atoms with E-state index in [1.165, 1.54) is 0 Å². The minimum Gasteiger partial charge on any atom is -0.354 e. The average molecular weight is 441 g/mol. The largest absolute Gasteiger partial charge is 0.354 e. The molecule has 0 radical (unpaired) electrons. The van der Waals surface area contributed by atoms with Gasteiger partial charge in [-0.1, -0.05) is 12.1 Å². The standard InChI is InChI=1S/C25H24N6O2/c1-18-5-2-7-21(22(18)29-24(32)19-8-11-27-12-9-19)25(33)31-14-4-13-30(15-16-31)23-20(17-26)6-3-10-28-23/h2-3,5-12H,4,13-16H2,1H3,(H,29,32). The number of rotatable bonds is 4. The van der Waals surface area contributed by atoms with Crippen LogP contribution in [0.15, 0.2) is 61.1 Å². The molecule has 1 aliphatic rings. The van der Waals surface area contributed by atoms with Crippen LogP contribution in [-0.2, 0) is 0 Å². The van der Waals surface area contributed by atoms with Crippen LogP contribution < -0.4 is 10.2 Å². The number of hydrogen-bond acceptors (Lipinski definition) is 6. The Bertz CT molecular complexity index is 1210. The fraction of sp³-hybridized carbons (Fsp3) is 0.240. The van der Waals surface area contributed by atoms with Crippen LogP contribution in [0, 0.1) is 18.3 Å². The van der Waals surface area contributed by atoms with Crippen LogP contribution in [0.4, 0.5) is 11.5 Å². The van der Waals surface area contributed by atoms with E-state index < -0.39 is 0 Å². The highest BCUT2D eigenvalue weighted by Crippen LogP contribution is 2.24. The zero-order valence-corrected chi connectivity index (χ0v) is 18.4. The number of carbonyl (C=O) groups excluding carboxylic acids is 2. The minimum absolute atomic E-state index is 0.132. The van der Waals surface area contributed by atoms with Gasteiger partial charge in [0.25, 0.3) is 11.8 Å². The van der Waals surface area contributed by atoms with Gasteiger partial charge in [-0.3, -0.25) is 14.6 Å². The second-order valence-corrected chi connectivity index (χ2v) is 7.81. The first kappa shape index (κ1) is 22.0. The molecule has 3 heterocycles. The summed E-state index contributed by atoms with van der Waals surface area (Å²) in [6.45, 7) is 4.21. The smallest absolute Gasteiger partial charge is 0.256 e. The molecule has 2 amide bonds. The van der Waals surface area contributed by atoms with Gasteiger partial charge in [-0.25, -0.2) is 4.98 Å². The molecule has 8 nitrogen and oxygen atoms in total. The summed E-state index contributed by atoms with van der Waals surface area (Å²) in [7, 11) is 0. The summed E-state index contributed by atoms with van der Waals surface area (Å²) in [5.74, 6) is 0.226. The molecule has 1 saturated heterocycles. The number of benzene rings is 1. The summed E-state index contributed by atoms with van der Waals surface area (Å²) >= 11 is 0. The van der Waals surface area contributed by atoms with Gasteiger partial charge in [0.2, 0.25) is 0 Å². The molecule has 33 heavy (non-hydrogen) atoms. The number of anilines is 2. The van der Waals surface area contributed by atoms with E-state index in [9.17, 15) is 14.9 Å². The Morgan fingerprint density at radius 3 is 2.61 bits per heavy atom. The maximum Gasteiger partial charge on any atom is 0.256 e. The van der Waals surface area contributed by atoms with Gasteiger partial charge >= 0.3 is 0 Å². The number of aryl methyl sites for hydroxylation is 1. The van der Waals surface area contributed by atoms with Crippen molar-refractivity contribution in [2.24, 2.45) is 0 Å². The maximum atomic E-state index is 13.5. The molecule has 0 atom stereocenters. The summed E-state index contributed by atoms with van der Waals surface area (Å²) < 4.78 is 0. The predicted molar refractivity (Wildman–Crippen MR) is 125 cm³/mol. The molecule has 0 unspecified atom stereocenters. The van der Waals surface area contributed by atoms with Crippen molar-refractivity contribution in [3.8, 4) is 6.07 Å². The molecule has 0 aliphatic carbocycles. The molecule has 2 aromatic heterocycles. The molecule has 8 heteroatoms. The summed E-state index contributed by atoms with van der Waals surface area (Å²) in [6, 6.07) is 14.4. The highest BCUT2D eigenvalue weighted by Gasteiger charge is 2.25. The van der Waals surface area contributed by atoms with E-state index in [2.05, 4.69) is 21.4 Å². The number of nitrogens with one attached hydrogen (secondary N) is 1. The Morgan fingerprint density at radius 2 is 1.82 bits per heavy atom. The van der Waals surface area contributed by atoms with Crippen LogP contribution in [0.3, 0.4) is 0 Å². The van der Waals surface area contributed by atoms with Crippen LogP contribution in [0.1, 0.15) is 38.3 Å². The van der Waals surface area contributed by atoms with Gasteiger partial charge in [0.1, 0.15) is 11.9 Å². The Kier molecular flexibility index (Phi) is 6.60. The minimum atomic E-state index is -0.290. The highest BCUT2D eigenvalue weighted by molar-refractivity contribution is 6.09. The van der Waals surface area contributed by atoms with Crippen molar-refractivity contribution in [1.29, 1.82) is 5.26 Å². The quantitative estimate of drug-likeness (QED) is 0.668. The van der Waals surface area contributed by atoms with Gasteiger partial charge in [-0.05, 0) is 49.2 Å². The van der Waals surface area contributed by atoms with E-state index in [1.54, 1.807) is 53.8 Å². The van der Waals surface area contributed by atoms with Gasteiger partial charge in [0.05, 0.1) is 16.8 Å². The second kappa shape index (κ2) is 9.92. The van der Waals surface area contributed by atoms with Crippen molar-refractivity contribution < 1.29 is 9.59 Å². The first-order valence-electron chi connectivity index (χ1n) is 10.8. The average Bonchev–Trinajstić information content (AvgIpc) is 3.11. The Morgan fingerprint density at radius 1 is 1.00 bits per heavy atom. The number of nitriles is 1. The fourth-order valence-corrected chi connectivity index (χ4v) is 3.94. The van der Waals surface area contributed by atoms with Gasteiger partial charge < -0.3 is 15.1 Å². The van der Waals surface area contributed by atoms with Gasteiger partial charge in [0.15, 0.2) is 0 Å². The molecular formula is C25H24N6O2. The molecule has 1 aliphatic heterocycles. The first-order valence-corrected chi connectivity index (χ1v) is 10.8. The molecule has 1 fully saturated rings. The molecule has 1 N–H and O–H groups in total. The lowest BCUT2D eigenvalue weighted by Gasteiger charge is -2.24. The lowest BCUT2D eigenvalue weighted by Crippen LogP contribution is -2.36. The monoisotopic (exact) mass is 440 g/mol. The predicted octanol–water partition coefficient (Wildman–Crippen LogP) is 3.26. The molecular weight excluding hydrogens is 416 g/mol. The van der Waals surface area contributed by atoms with Crippen LogP contribution in [-0.4, -0.2) is 52.9 Å². The summed E-state index contributed by atoms with van der Waals surface area (Å²) in [6.07, 6.45) is 5.54. The van der Waals surface area contributed by atoms with E-state index in [1.807, 2.05) is 24.0 Å². The zero-order chi connectivity index (χ0) is 23.2. The number of para-hydroxylation sites is 1. The van der Waals surface area contributed by atoms with E-state index in [0.29, 0.717) is 54.4 Å². The van der Waals surface area contributed by atoms with Crippen molar-refractivity contribution >= 4 is 23.3 Å². The Hall–Kier alpha value is -4.25. The Labute approximate surface area is 192 Å².